The quantitative estimate of drug-likeness (QED) is 0.868. The topological polar surface area (TPSA) is 50.4 Å². The first-order valence-electron chi connectivity index (χ1n) is 6.52. The molecule has 0 aromatic heterocycles. The number of alkyl halides is 2. The lowest BCUT2D eigenvalue weighted by atomic mass is 9.89. The largest absolute Gasteiger partial charge is 0.435 e. The van der Waals surface area contributed by atoms with Crippen LogP contribution in [0.2, 0.25) is 0 Å². The maximum Gasteiger partial charge on any atom is 0.387 e. The lowest BCUT2D eigenvalue weighted by Crippen LogP contribution is -2.39. The summed E-state index contributed by atoms with van der Waals surface area (Å²) < 4.78 is 28.3. The van der Waals surface area contributed by atoms with Gasteiger partial charge in [-0.1, -0.05) is 12.1 Å². The molecule has 1 heterocycles. The van der Waals surface area contributed by atoms with Gasteiger partial charge in [-0.2, -0.15) is 8.78 Å². The maximum atomic E-state index is 12.1. The van der Waals surface area contributed by atoms with Crippen molar-refractivity contribution in [1.82, 2.24) is 10.6 Å². The van der Waals surface area contributed by atoms with Crippen LogP contribution in [-0.4, -0.2) is 25.6 Å². The molecule has 1 amide bonds. The van der Waals surface area contributed by atoms with Crippen molar-refractivity contribution >= 4 is 5.91 Å². The molecule has 2 N–H and O–H groups in total. The zero-order valence-electron chi connectivity index (χ0n) is 11.3. The van der Waals surface area contributed by atoms with Gasteiger partial charge in [0, 0.05) is 13.1 Å². The fourth-order valence-corrected chi connectivity index (χ4v) is 2.20. The molecule has 6 heteroatoms. The van der Waals surface area contributed by atoms with E-state index in [-0.39, 0.29) is 17.1 Å². The van der Waals surface area contributed by atoms with Crippen molar-refractivity contribution in [3.63, 3.8) is 0 Å². The molecule has 0 bridgehead atoms. The third-order valence-corrected chi connectivity index (χ3v) is 3.52. The molecule has 0 saturated carbocycles. The summed E-state index contributed by atoms with van der Waals surface area (Å²) in [5, 5.41) is 6.04. The highest BCUT2D eigenvalue weighted by Crippen LogP contribution is 2.24. The van der Waals surface area contributed by atoms with E-state index in [1.54, 1.807) is 12.1 Å². The zero-order chi connectivity index (χ0) is 14.6. The van der Waals surface area contributed by atoms with E-state index in [1.807, 2.05) is 6.92 Å². The Hall–Kier alpha value is -1.69. The first kappa shape index (κ1) is 14.7. The molecule has 1 saturated heterocycles. The number of hydrogen-bond donors (Lipinski definition) is 2. The first-order chi connectivity index (χ1) is 9.49. The summed E-state index contributed by atoms with van der Waals surface area (Å²) in [5.41, 5.74) is 0.480. The van der Waals surface area contributed by atoms with Crippen LogP contribution < -0.4 is 15.4 Å². The van der Waals surface area contributed by atoms with Crippen LogP contribution in [0.15, 0.2) is 24.3 Å². The molecule has 0 radical (unpaired) electrons. The summed E-state index contributed by atoms with van der Waals surface area (Å²) in [6.45, 7) is 1.02. The highest BCUT2D eigenvalue weighted by atomic mass is 19.3. The standard InChI is InChI=1S/C14H18F2N2O2/c1-14(6-7-17-9-14)12(19)18-8-10-2-4-11(5-3-10)20-13(15)16/h2-5,13,17H,6-9H2,1H3,(H,18,19). The minimum atomic E-state index is -2.82. The van der Waals surface area contributed by atoms with Crippen LogP contribution in [0.25, 0.3) is 0 Å². The smallest absolute Gasteiger partial charge is 0.387 e. The average Bonchev–Trinajstić information content (AvgIpc) is 2.85. The second-order valence-electron chi connectivity index (χ2n) is 5.19. The number of halogens is 2. The van der Waals surface area contributed by atoms with E-state index < -0.39 is 6.61 Å². The molecule has 110 valence electrons. The molecular formula is C14H18F2N2O2. The minimum Gasteiger partial charge on any atom is -0.435 e. The summed E-state index contributed by atoms with van der Waals surface area (Å²) >= 11 is 0. The highest BCUT2D eigenvalue weighted by molar-refractivity contribution is 5.82. The van der Waals surface area contributed by atoms with Crippen LogP contribution in [0.4, 0.5) is 8.78 Å². The fourth-order valence-electron chi connectivity index (χ4n) is 2.20. The van der Waals surface area contributed by atoms with Gasteiger partial charge in [0.1, 0.15) is 5.75 Å². The Bertz CT molecular complexity index is 457. The minimum absolute atomic E-state index is 0.00964. The Kier molecular flexibility index (Phi) is 4.54. The van der Waals surface area contributed by atoms with Gasteiger partial charge in [-0.3, -0.25) is 4.79 Å². The van der Waals surface area contributed by atoms with E-state index in [0.717, 1.165) is 18.5 Å². The number of rotatable bonds is 5. The fraction of sp³-hybridized carbons (Fsp3) is 0.500. The summed E-state index contributed by atoms with van der Waals surface area (Å²) in [7, 11) is 0. The van der Waals surface area contributed by atoms with E-state index >= 15 is 0 Å². The normalized spacial score (nSPS) is 22.0. The molecule has 1 aliphatic rings. The van der Waals surface area contributed by atoms with Gasteiger partial charge in [-0.15, -0.1) is 0 Å². The number of benzene rings is 1. The maximum absolute atomic E-state index is 12.1. The van der Waals surface area contributed by atoms with Crippen LogP contribution in [0.3, 0.4) is 0 Å². The second kappa shape index (κ2) is 6.17. The lowest BCUT2D eigenvalue weighted by Gasteiger charge is -2.21. The Morgan fingerprint density at radius 1 is 1.45 bits per heavy atom. The predicted octanol–water partition coefficient (Wildman–Crippen LogP) is 1.90. The van der Waals surface area contributed by atoms with Gasteiger partial charge in [0.05, 0.1) is 5.41 Å². The molecule has 1 unspecified atom stereocenters. The Balaban J connectivity index is 1.86. The molecular weight excluding hydrogens is 266 g/mol. The molecule has 1 aliphatic heterocycles. The van der Waals surface area contributed by atoms with Crippen LogP contribution >= 0.6 is 0 Å². The number of amides is 1. The van der Waals surface area contributed by atoms with E-state index in [4.69, 9.17) is 0 Å². The van der Waals surface area contributed by atoms with Gasteiger partial charge in [0.2, 0.25) is 5.91 Å². The van der Waals surface area contributed by atoms with E-state index in [1.165, 1.54) is 12.1 Å². The number of carbonyl (C=O) groups is 1. The summed E-state index contributed by atoms with van der Waals surface area (Å²) in [6.07, 6.45) is 0.819. The zero-order valence-corrected chi connectivity index (χ0v) is 11.3. The van der Waals surface area contributed by atoms with Crippen molar-refractivity contribution in [2.24, 2.45) is 5.41 Å². The molecule has 4 nitrogen and oxygen atoms in total. The van der Waals surface area contributed by atoms with Crippen LogP contribution in [0, 0.1) is 5.41 Å². The van der Waals surface area contributed by atoms with E-state index in [0.29, 0.717) is 13.1 Å². The van der Waals surface area contributed by atoms with Crippen molar-refractivity contribution in [3.8, 4) is 5.75 Å². The number of nitrogens with one attached hydrogen (secondary N) is 2. The van der Waals surface area contributed by atoms with Crippen molar-refractivity contribution in [1.29, 1.82) is 0 Å². The highest BCUT2D eigenvalue weighted by Gasteiger charge is 2.35. The Morgan fingerprint density at radius 2 is 2.15 bits per heavy atom. The molecule has 20 heavy (non-hydrogen) atoms. The monoisotopic (exact) mass is 284 g/mol. The van der Waals surface area contributed by atoms with Crippen molar-refractivity contribution in [2.75, 3.05) is 13.1 Å². The van der Waals surface area contributed by atoms with E-state index in [2.05, 4.69) is 15.4 Å². The Morgan fingerprint density at radius 3 is 2.70 bits per heavy atom. The number of ether oxygens (including phenoxy) is 1. The summed E-state index contributed by atoms with van der Waals surface area (Å²) in [5.74, 6) is 0.123. The SMILES string of the molecule is CC1(C(=O)NCc2ccc(OC(F)F)cc2)CCNC1. The van der Waals surface area contributed by atoms with Crippen LogP contribution in [0.1, 0.15) is 18.9 Å². The van der Waals surface area contributed by atoms with Gasteiger partial charge in [-0.25, -0.2) is 0 Å². The molecule has 0 spiro atoms. The lowest BCUT2D eigenvalue weighted by molar-refractivity contribution is -0.129. The summed E-state index contributed by atoms with van der Waals surface area (Å²) in [6, 6.07) is 6.25. The molecule has 0 aliphatic carbocycles. The number of carbonyl (C=O) groups excluding carboxylic acids is 1. The van der Waals surface area contributed by atoms with Gasteiger partial charge in [0.25, 0.3) is 0 Å². The predicted molar refractivity (Wildman–Crippen MR) is 70.5 cm³/mol. The Labute approximate surface area is 116 Å². The van der Waals surface area contributed by atoms with Gasteiger partial charge in [-0.05, 0) is 37.6 Å². The summed E-state index contributed by atoms with van der Waals surface area (Å²) in [4.78, 5) is 12.1. The van der Waals surface area contributed by atoms with Crippen molar-refractivity contribution in [3.05, 3.63) is 29.8 Å². The molecule has 1 aromatic carbocycles. The molecule has 1 atom stereocenters. The molecule has 2 rings (SSSR count). The third-order valence-electron chi connectivity index (χ3n) is 3.52. The first-order valence-corrected chi connectivity index (χ1v) is 6.52. The van der Waals surface area contributed by atoms with Crippen molar-refractivity contribution < 1.29 is 18.3 Å². The molecule has 1 fully saturated rings. The third kappa shape index (κ3) is 3.66. The van der Waals surface area contributed by atoms with Crippen LogP contribution in [0.5, 0.6) is 5.75 Å². The van der Waals surface area contributed by atoms with Gasteiger partial charge in [0.15, 0.2) is 0 Å². The van der Waals surface area contributed by atoms with Gasteiger partial charge >= 0.3 is 6.61 Å². The van der Waals surface area contributed by atoms with Crippen molar-refractivity contribution in [2.45, 2.75) is 26.5 Å². The van der Waals surface area contributed by atoms with Gasteiger partial charge < -0.3 is 15.4 Å². The average molecular weight is 284 g/mol. The second-order valence-corrected chi connectivity index (χ2v) is 5.19. The van der Waals surface area contributed by atoms with E-state index in [9.17, 15) is 13.6 Å². The molecule has 1 aromatic rings. The number of hydrogen-bond acceptors (Lipinski definition) is 3. The van der Waals surface area contributed by atoms with Crippen LogP contribution in [-0.2, 0) is 11.3 Å².